The standard InChI is InChI=1S/C18H27N7O10S/c1-3-9(2)14(19)18(28)22-36(31,32)33-8-12-16(27)15(26)10(34-12)6-7-24-21-17(20-23-24)11-4-5-13(35-11)25(29)30/h4-5,9-10,12,14-16,26-27H,3,6-8,19H2,1-2H3,(H,22,28)/t9-,10-,12+,14-,15-,16+/m0/s1. The summed E-state index contributed by atoms with van der Waals surface area (Å²) in [5, 5.41) is 42.8. The van der Waals surface area contributed by atoms with Crippen molar-refractivity contribution in [3.05, 3.63) is 22.2 Å². The molecule has 3 heterocycles. The van der Waals surface area contributed by atoms with Gasteiger partial charge in [-0.2, -0.15) is 13.2 Å². The van der Waals surface area contributed by atoms with Crippen LogP contribution in [0.2, 0.25) is 0 Å². The van der Waals surface area contributed by atoms with Gasteiger partial charge in [0, 0.05) is 0 Å². The summed E-state index contributed by atoms with van der Waals surface area (Å²) in [5.74, 6) is -1.63. The largest absolute Gasteiger partial charge is 0.433 e. The Labute approximate surface area is 204 Å². The molecular formula is C18H27N7O10S. The van der Waals surface area contributed by atoms with E-state index in [1.807, 2.05) is 0 Å². The molecule has 17 nitrogen and oxygen atoms in total. The van der Waals surface area contributed by atoms with Crippen LogP contribution in [-0.4, -0.2) is 86.7 Å². The zero-order valence-electron chi connectivity index (χ0n) is 19.3. The van der Waals surface area contributed by atoms with E-state index < -0.39 is 64.1 Å². The summed E-state index contributed by atoms with van der Waals surface area (Å²) in [6.07, 6.45) is -4.31. The third-order valence-electron chi connectivity index (χ3n) is 5.69. The normalized spacial score (nSPS) is 23.9. The first kappa shape index (κ1) is 27.6. The quantitative estimate of drug-likeness (QED) is 0.178. The smallest absolute Gasteiger partial charge is 0.397 e. The average Bonchev–Trinajstić information content (AvgIpc) is 3.56. The van der Waals surface area contributed by atoms with Gasteiger partial charge in [0.25, 0.3) is 5.91 Å². The predicted octanol–water partition coefficient (Wildman–Crippen LogP) is -1.53. The highest BCUT2D eigenvalue weighted by Gasteiger charge is 2.43. The fraction of sp³-hybridized carbons (Fsp3) is 0.667. The van der Waals surface area contributed by atoms with Crippen molar-refractivity contribution in [1.82, 2.24) is 24.9 Å². The molecule has 0 spiro atoms. The number of aromatic nitrogens is 4. The van der Waals surface area contributed by atoms with E-state index in [0.29, 0.717) is 6.42 Å². The molecule has 6 atom stereocenters. The van der Waals surface area contributed by atoms with Crippen molar-refractivity contribution in [3.8, 4) is 11.6 Å². The molecule has 1 aliphatic heterocycles. The van der Waals surface area contributed by atoms with Gasteiger partial charge in [-0.3, -0.25) is 19.1 Å². The van der Waals surface area contributed by atoms with Crippen LogP contribution in [0.25, 0.3) is 11.6 Å². The lowest BCUT2D eigenvalue weighted by Gasteiger charge is -2.18. The molecule has 0 aromatic carbocycles. The molecule has 0 unspecified atom stereocenters. The summed E-state index contributed by atoms with van der Waals surface area (Å²) >= 11 is 0. The van der Waals surface area contributed by atoms with E-state index in [1.54, 1.807) is 18.6 Å². The highest BCUT2D eigenvalue weighted by Crippen LogP contribution is 2.25. The fourth-order valence-electron chi connectivity index (χ4n) is 3.32. The molecule has 0 aliphatic carbocycles. The monoisotopic (exact) mass is 533 g/mol. The molecule has 0 radical (unpaired) electrons. The van der Waals surface area contributed by atoms with Crippen LogP contribution in [0.4, 0.5) is 5.88 Å². The first-order valence-corrected chi connectivity index (χ1v) is 12.3. The molecule has 2 aromatic rings. The second-order valence-corrected chi connectivity index (χ2v) is 9.55. The lowest BCUT2D eigenvalue weighted by Crippen LogP contribution is -2.47. The Kier molecular flexibility index (Phi) is 8.69. The molecule has 36 heavy (non-hydrogen) atoms. The van der Waals surface area contributed by atoms with Crippen molar-refractivity contribution in [2.24, 2.45) is 11.7 Å². The Bertz CT molecular complexity index is 1170. The van der Waals surface area contributed by atoms with E-state index in [0.717, 1.165) is 10.9 Å². The van der Waals surface area contributed by atoms with Gasteiger partial charge in [0.05, 0.1) is 31.4 Å². The van der Waals surface area contributed by atoms with E-state index >= 15 is 0 Å². The van der Waals surface area contributed by atoms with Crippen molar-refractivity contribution >= 4 is 22.1 Å². The lowest BCUT2D eigenvalue weighted by molar-refractivity contribution is -0.401. The SMILES string of the molecule is CC[C@H](C)[C@H](N)C(=O)NS(=O)(=O)OC[C@H]1O[C@@H](CCn2nnc(-c3ccc([N+](=O)[O-])o3)n2)[C@H](O)[C@@H]1O. The minimum Gasteiger partial charge on any atom is -0.397 e. The van der Waals surface area contributed by atoms with E-state index in [2.05, 4.69) is 15.4 Å². The van der Waals surface area contributed by atoms with Crippen LogP contribution in [0.3, 0.4) is 0 Å². The van der Waals surface area contributed by atoms with Crippen LogP contribution in [0.5, 0.6) is 0 Å². The van der Waals surface area contributed by atoms with Gasteiger partial charge in [0.1, 0.15) is 23.2 Å². The molecule has 1 saturated heterocycles. The molecular weight excluding hydrogens is 506 g/mol. The highest BCUT2D eigenvalue weighted by molar-refractivity contribution is 7.85. The van der Waals surface area contributed by atoms with E-state index in [4.69, 9.17) is 19.1 Å². The van der Waals surface area contributed by atoms with E-state index in [9.17, 15) is 33.5 Å². The number of carbonyl (C=O) groups excluding carboxylic acids is 1. The van der Waals surface area contributed by atoms with Gasteiger partial charge in [0.15, 0.2) is 5.76 Å². The molecule has 0 saturated carbocycles. The maximum Gasteiger partial charge on any atom is 0.433 e. The number of tetrazole rings is 1. The number of hydrogen-bond donors (Lipinski definition) is 4. The third kappa shape index (κ3) is 6.59. The van der Waals surface area contributed by atoms with Gasteiger partial charge in [-0.15, -0.1) is 10.2 Å². The molecule has 0 bridgehead atoms. The zero-order chi connectivity index (χ0) is 26.6. The topological polar surface area (TPSA) is 248 Å². The van der Waals surface area contributed by atoms with Crippen LogP contribution in [0.15, 0.2) is 16.5 Å². The molecule has 1 aliphatic rings. The summed E-state index contributed by atoms with van der Waals surface area (Å²) in [6, 6.07) is 1.41. The minimum atomic E-state index is -4.53. The van der Waals surface area contributed by atoms with Crippen LogP contribution in [-0.2, 0) is 30.6 Å². The van der Waals surface area contributed by atoms with E-state index in [-0.39, 0.29) is 30.5 Å². The molecule has 3 rings (SSSR count). The summed E-state index contributed by atoms with van der Waals surface area (Å²) in [5.41, 5.74) is 5.71. The Morgan fingerprint density at radius 3 is 2.69 bits per heavy atom. The number of ether oxygens (including phenoxy) is 1. The first-order chi connectivity index (χ1) is 16.9. The maximum absolute atomic E-state index is 12.1. The van der Waals surface area contributed by atoms with Gasteiger partial charge in [0.2, 0.25) is 5.82 Å². The summed E-state index contributed by atoms with van der Waals surface area (Å²) in [6.45, 7) is 2.90. The van der Waals surface area contributed by atoms with Gasteiger partial charge >= 0.3 is 16.2 Å². The van der Waals surface area contributed by atoms with Crippen molar-refractivity contribution < 1.29 is 41.7 Å². The Hall–Kier alpha value is -3.03. The number of aliphatic hydroxyl groups excluding tert-OH is 2. The number of aliphatic hydroxyl groups is 2. The number of nitrogens with two attached hydrogens (primary N) is 1. The highest BCUT2D eigenvalue weighted by atomic mass is 32.2. The van der Waals surface area contributed by atoms with Crippen molar-refractivity contribution in [2.75, 3.05) is 6.61 Å². The predicted molar refractivity (Wildman–Crippen MR) is 118 cm³/mol. The maximum atomic E-state index is 12.1. The Morgan fingerprint density at radius 1 is 1.36 bits per heavy atom. The van der Waals surface area contributed by atoms with Crippen molar-refractivity contribution in [1.29, 1.82) is 0 Å². The second-order valence-electron chi connectivity index (χ2n) is 8.20. The number of amides is 1. The van der Waals surface area contributed by atoms with Crippen LogP contribution in [0.1, 0.15) is 26.7 Å². The van der Waals surface area contributed by atoms with Crippen LogP contribution >= 0.6 is 0 Å². The minimum absolute atomic E-state index is 0.00241. The average molecular weight is 534 g/mol. The van der Waals surface area contributed by atoms with Crippen LogP contribution in [0, 0.1) is 16.0 Å². The molecule has 5 N–H and O–H groups in total. The number of aryl methyl sites for hydroxylation is 1. The van der Waals surface area contributed by atoms with Crippen LogP contribution < -0.4 is 10.5 Å². The molecule has 200 valence electrons. The Morgan fingerprint density at radius 2 is 2.06 bits per heavy atom. The van der Waals surface area contributed by atoms with Crippen molar-refractivity contribution in [2.45, 2.75) is 63.7 Å². The number of rotatable bonds is 12. The summed E-state index contributed by atoms with van der Waals surface area (Å²) in [7, 11) is -4.53. The lowest BCUT2D eigenvalue weighted by atomic mass is 10.00. The third-order valence-corrected chi connectivity index (χ3v) is 6.59. The van der Waals surface area contributed by atoms with Gasteiger partial charge in [-0.05, 0) is 23.6 Å². The first-order valence-electron chi connectivity index (χ1n) is 10.9. The number of nitrogens with zero attached hydrogens (tertiary/aromatic N) is 5. The number of furan rings is 1. The molecule has 2 aromatic heterocycles. The van der Waals surface area contributed by atoms with Gasteiger partial charge in [-0.25, -0.2) is 4.72 Å². The number of hydrogen-bond acceptors (Lipinski definition) is 14. The number of carbonyl (C=O) groups is 1. The van der Waals surface area contributed by atoms with Gasteiger partial charge in [-0.1, -0.05) is 20.3 Å². The van der Waals surface area contributed by atoms with Gasteiger partial charge < -0.3 is 25.1 Å². The zero-order valence-corrected chi connectivity index (χ0v) is 20.1. The number of nitro groups is 1. The summed E-state index contributed by atoms with van der Waals surface area (Å²) < 4.78 is 41.1. The fourth-order valence-corrected chi connectivity index (χ4v) is 4.07. The Balaban J connectivity index is 1.51. The van der Waals surface area contributed by atoms with E-state index in [1.165, 1.54) is 6.07 Å². The summed E-state index contributed by atoms with van der Waals surface area (Å²) in [4.78, 5) is 23.1. The number of nitrogens with one attached hydrogen (secondary N) is 1. The van der Waals surface area contributed by atoms with Crippen molar-refractivity contribution in [3.63, 3.8) is 0 Å². The molecule has 18 heteroatoms. The second kappa shape index (κ2) is 11.4. The molecule has 1 amide bonds. The molecule has 1 fully saturated rings.